The molecule has 23 heavy (non-hydrogen) atoms. The topological polar surface area (TPSA) is 51.2 Å². The second kappa shape index (κ2) is 6.66. The van der Waals surface area contributed by atoms with Gasteiger partial charge in [0.25, 0.3) is 0 Å². The van der Waals surface area contributed by atoms with Gasteiger partial charge in [-0.3, -0.25) is 0 Å². The summed E-state index contributed by atoms with van der Waals surface area (Å²) in [6.07, 6.45) is 0.809. The van der Waals surface area contributed by atoms with Crippen LogP contribution < -0.4 is 9.47 Å². The predicted octanol–water partition coefficient (Wildman–Crippen LogP) is 2.08. The molecular weight excluding hydrogens is 296 g/mol. The van der Waals surface area contributed by atoms with Crippen molar-refractivity contribution in [2.45, 2.75) is 19.4 Å². The average Bonchev–Trinajstić information content (AvgIpc) is 2.61. The first-order valence-electron chi connectivity index (χ1n) is 8.03. The molecule has 2 aliphatic heterocycles. The highest BCUT2D eigenvalue weighted by atomic mass is 16.5. The van der Waals surface area contributed by atoms with Crippen molar-refractivity contribution in [3.8, 4) is 11.5 Å². The number of hydrogen-bond acceptors (Lipinski definition) is 4. The highest BCUT2D eigenvalue weighted by Crippen LogP contribution is 2.39. The molecule has 1 saturated heterocycles. The number of ether oxygens (including phenoxy) is 3. The van der Waals surface area contributed by atoms with Gasteiger partial charge in [-0.15, -0.1) is 0 Å². The van der Waals surface area contributed by atoms with E-state index in [9.17, 15) is 4.79 Å². The minimum absolute atomic E-state index is 0.0186. The molecule has 2 heterocycles. The smallest absolute Gasteiger partial charge is 0.320 e. The van der Waals surface area contributed by atoms with E-state index in [1.165, 1.54) is 5.56 Å². The summed E-state index contributed by atoms with van der Waals surface area (Å²) in [6, 6.07) is 4.00. The summed E-state index contributed by atoms with van der Waals surface area (Å²) in [7, 11) is 3.31. The fourth-order valence-electron chi connectivity index (χ4n) is 3.41. The molecule has 1 atom stereocenters. The van der Waals surface area contributed by atoms with E-state index < -0.39 is 0 Å². The molecule has 2 amide bonds. The molecular formula is C17H24N2O4. The van der Waals surface area contributed by atoms with Crippen molar-refractivity contribution in [2.75, 3.05) is 47.1 Å². The molecule has 0 N–H and O–H groups in total. The average molecular weight is 320 g/mol. The first-order chi connectivity index (χ1) is 11.2. The Hall–Kier alpha value is -1.95. The number of fused-ring (bicyclic) bond motifs is 1. The summed E-state index contributed by atoms with van der Waals surface area (Å²) in [5, 5.41) is 0. The predicted molar refractivity (Wildman–Crippen MR) is 86.2 cm³/mol. The summed E-state index contributed by atoms with van der Waals surface area (Å²) < 4.78 is 16.2. The maximum Gasteiger partial charge on any atom is 0.320 e. The number of morpholine rings is 1. The Kier molecular flexibility index (Phi) is 4.61. The van der Waals surface area contributed by atoms with Gasteiger partial charge in [-0.1, -0.05) is 0 Å². The van der Waals surface area contributed by atoms with Crippen LogP contribution in [0.5, 0.6) is 11.5 Å². The van der Waals surface area contributed by atoms with Crippen molar-refractivity contribution in [2.24, 2.45) is 0 Å². The molecule has 0 radical (unpaired) electrons. The van der Waals surface area contributed by atoms with E-state index in [0.717, 1.165) is 23.5 Å². The number of carbonyl (C=O) groups excluding carboxylic acids is 1. The largest absolute Gasteiger partial charge is 0.497 e. The Balaban J connectivity index is 1.87. The Morgan fingerprint density at radius 1 is 1.17 bits per heavy atom. The van der Waals surface area contributed by atoms with Crippen LogP contribution in [0.15, 0.2) is 12.1 Å². The molecule has 1 unspecified atom stereocenters. The zero-order chi connectivity index (χ0) is 16.4. The van der Waals surface area contributed by atoms with Crippen molar-refractivity contribution in [1.29, 1.82) is 0 Å². The number of hydrogen-bond donors (Lipinski definition) is 0. The highest BCUT2D eigenvalue weighted by molar-refractivity contribution is 5.76. The number of benzene rings is 1. The zero-order valence-corrected chi connectivity index (χ0v) is 14.0. The van der Waals surface area contributed by atoms with Crippen molar-refractivity contribution in [3.63, 3.8) is 0 Å². The van der Waals surface area contributed by atoms with Gasteiger partial charge in [0.1, 0.15) is 11.5 Å². The van der Waals surface area contributed by atoms with Crippen LogP contribution in [0, 0.1) is 0 Å². The fourth-order valence-corrected chi connectivity index (χ4v) is 3.41. The molecule has 0 aliphatic carbocycles. The van der Waals surface area contributed by atoms with E-state index in [1.807, 2.05) is 21.9 Å². The van der Waals surface area contributed by atoms with E-state index in [4.69, 9.17) is 14.2 Å². The van der Waals surface area contributed by atoms with E-state index >= 15 is 0 Å². The first kappa shape index (κ1) is 15.9. The molecule has 0 spiro atoms. The molecule has 126 valence electrons. The van der Waals surface area contributed by atoms with Gasteiger partial charge in [0, 0.05) is 31.3 Å². The Morgan fingerprint density at radius 3 is 2.57 bits per heavy atom. The molecule has 6 heteroatoms. The van der Waals surface area contributed by atoms with E-state index in [2.05, 4.69) is 6.92 Å². The lowest BCUT2D eigenvalue weighted by molar-refractivity contribution is 0.0389. The molecule has 1 aromatic carbocycles. The van der Waals surface area contributed by atoms with Gasteiger partial charge in [-0.25, -0.2) is 4.79 Å². The lowest BCUT2D eigenvalue weighted by Crippen LogP contribution is -2.50. The van der Waals surface area contributed by atoms with Gasteiger partial charge in [0.15, 0.2) is 0 Å². The first-order valence-corrected chi connectivity index (χ1v) is 8.03. The van der Waals surface area contributed by atoms with Crippen LogP contribution in [0.1, 0.15) is 24.1 Å². The number of methoxy groups -OCH3 is 2. The lowest BCUT2D eigenvalue weighted by Gasteiger charge is -2.40. The van der Waals surface area contributed by atoms with E-state index in [-0.39, 0.29) is 12.1 Å². The van der Waals surface area contributed by atoms with E-state index in [0.29, 0.717) is 32.8 Å². The summed E-state index contributed by atoms with van der Waals surface area (Å²) >= 11 is 0. The number of rotatable bonds is 2. The minimum Gasteiger partial charge on any atom is -0.497 e. The van der Waals surface area contributed by atoms with Crippen molar-refractivity contribution < 1.29 is 19.0 Å². The summed E-state index contributed by atoms with van der Waals surface area (Å²) in [4.78, 5) is 16.6. The van der Waals surface area contributed by atoms with Crippen LogP contribution in [-0.4, -0.2) is 62.9 Å². The molecule has 0 saturated carbocycles. The van der Waals surface area contributed by atoms with Crippen LogP contribution in [0.4, 0.5) is 4.79 Å². The third-order valence-corrected chi connectivity index (χ3v) is 4.69. The Labute approximate surface area is 136 Å². The summed E-state index contributed by atoms with van der Waals surface area (Å²) in [5.41, 5.74) is 2.28. The number of amides is 2. The molecule has 0 aromatic heterocycles. The highest BCUT2D eigenvalue weighted by Gasteiger charge is 2.33. The number of nitrogens with zero attached hydrogens (tertiary/aromatic N) is 2. The quantitative estimate of drug-likeness (QED) is 0.837. The summed E-state index contributed by atoms with van der Waals surface area (Å²) in [5.74, 6) is 1.58. The van der Waals surface area contributed by atoms with Crippen LogP contribution in [-0.2, 0) is 11.2 Å². The lowest BCUT2D eigenvalue weighted by atomic mass is 9.92. The van der Waals surface area contributed by atoms with E-state index in [1.54, 1.807) is 14.2 Å². The van der Waals surface area contributed by atoms with Crippen LogP contribution in [0.2, 0.25) is 0 Å². The van der Waals surface area contributed by atoms with Gasteiger partial charge in [0.05, 0.1) is 33.5 Å². The molecule has 0 bridgehead atoms. The maximum atomic E-state index is 12.8. The van der Waals surface area contributed by atoms with Gasteiger partial charge in [-0.2, -0.15) is 0 Å². The second-order valence-electron chi connectivity index (χ2n) is 5.90. The minimum atomic E-state index is -0.0186. The van der Waals surface area contributed by atoms with Crippen LogP contribution >= 0.6 is 0 Å². The molecule has 1 fully saturated rings. The van der Waals surface area contributed by atoms with Crippen molar-refractivity contribution in [3.05, 3.63) is 23.3 Å². The van der Waals surface area contributed by atoms with Crippen molar-refractivity contribution >= 4 is 6.03 Å². The normalized spacial score (nSPS) is 20.9. The number of urea groups is 1. The fraction of sp³-hybridized carbons (Fsp3) is 0.588. The molecule has 1 aromatic rings. The third-order valence-electron chi connectivity index (χ3n) is 4.69. The van der Waals surface area contributed by atoms with Crippen molar-refractivity contribution in [1.82, 2.24) is 9.80 Å². The third kappa shape index (κ3) is 2.95. The Bertz CT molecular complexity index is 567. The standard InChI is InChI=1S/C17H24N2O4/c1-12-16-13(10-14(21-2)11-15(16)22-3)4-5-19(12)17(20)18-6-8-23-9-7-18/h10-12H,4-9H2,1-3H3. The second-order valence-corrected chi connectivity index (χ2v) is 5.90. The maximum absolute atomic E-state index is 12.8. The van der Waals surface area contributed by atoms with Crippen LogP contribution in [0.3, 0.4) is 0 Å². The summed E-state index contributed by atoms with van der Waals surface area (Å²) in [6.45, 7) is 5.32. The van der Waals surface area contributed by atoms with Gasteiger partial charge in [-0.05, 0) is 25.0 Å². The van der Waals surface area contributed by atoms with Gasteiger partial charge < -0.3 is 24.0 Å². The Morgan fingerprint density at radius 2 is 1.91 bits per heavy atom. The molecule has 2 aliphatic rings. The van der Waals surface area contributed by atoms with Gasteiger partial charge >= 0.3 is 6.03 Å². The van der Waals surface area contributed by atoms with Crippen LogP contribution in [0.25, 0.3) is 0 Å². The molecule has 3 rings (SSSR count). The SMILES string of the molecule is COc1cc2c(c(OC)c1)C(C)N(C(=O)N1CCOCC1)CC2. The zero-order valence-electron chi connectivity index (χ0n) is 14.0. The van der Waals surface area contributed by atoms with Gasteiger partial charge in [0.2, 0.25) is 0 Å². The molecule has 6 nitrogen and oxygen atoms in total. The monoisotopic (exact) mass is 320 g/mol. The number of carbonyl (C=O) groups is 1.